The maximum Gasteiger partial charge on any atom is 0.348 e. The van der Waals surface area contributed by atoms with Crippen molar-refractivity contribution in [3.8, 4) is 17.6 Å². The lowest BCUT2D eigenvalue weighted by Crippen LogP contribution is -2.32. The molecule has 0 unspecified atom stereocenters. The van der Waals surface area contributed by atoms with Gasteiger partial charge < -0.3 is 14.2 Å². The average Bonchev–Trinajstić information content (AvgIpc) is 3.12. The quantitative estimate of drug-likeness (QED) is 0.0887. The smallest absolute Gasteiger partial charge is 0.348 e. The number of hydrogen-bond acceptors (Lipinski definition) is 10. The van der Waals surface area contributed by atoms with Gasteiger partial charge in [0.05, 0.1) is 30.1 Å². The van der Waals surface area contributed by atoms with Gasteiger partial charge in [-0.2, -0.15) is 5.26 Å². The minimum Gasteiger partial charge on any atom is -0.490 e. The average molecular weight is 507 g/mol. The number of imide groups is 1. The molecule has 0 aromatic heterocycles. The minimum atomic E-state index is -0.860. The van der Waals surface area contributed by atoms with Crippen LogP contribution in [0.4, 0.5) is 5.69 Å². The third kappa shape index (κ3) is 5.79. The summed E-state index contributed by atoms with van der Waals surface area (Å²) in [5.41, 5.74) is -0.711. The molecule has 12 heteroatoms. The summed E-state index contributed by atoms with van der Waals surface area (Å²) in [6.45, 7) is 3.29. The van der Waals surface area contributed by atoms with Crippen molar-refractivity contribution >= 4 is 35.5 Å². The molecule has 190 valence electrons. The molecule has 0 spiro atoms. The van der Waals surface area contributed by atoms with Crippen LogP contribution in [0.3, 0.4) is 0 Å². The minimum absolute atomic E-state index is 0.0386. The molecule has 0 aliphatic carbocycles. The van der Waals surface area contributed by atoms with Crippen LogP contribution in [0.2, 0.25) is 0 Å². The molecule has 37 heavy (non-hydrogen) atoms. The number of nitro groups is 1. The third-order valence-electron chi connectivity index (χ3n) is 5.13. The lowest BCUT2D eigenvalue weighted by molar-refractivity contribution is -0.385. The number of fused-ring (bicyclic) bond motifs is 1. The van der Waals surface area contributed by atoms with Gasteiger partial charge in [0.25, 0.3) is 17.5 Å². The van der Waals surface area contributed by atoms with Gasteiger partial charge in [-0.3, -0.25) is 29.4 Å². The number of nitriles is 1. The van der Waals surface area contributed by atoms with Crippen molar-refractivity contribution in [3.05, 3.63) is 68.8 Å². The number of benzene rings is 2. The number of carbonyl (C=O) groups is 4. The molecular weight excluding hydrogens is 486 g/mol. The molecule has 0 radical (unpaired) electrons. The summed E-state index contributed by atoms with van der Waals surface area (Å²) in [7, 11) is 0. The maximum atomic E-state index is 12.6. The fourth-order valence-corrected chi connectivity index (χ4v) is 3.53. The number of amides is 2. The first kappa shape index (κ1) is 26.6. The van der Waals surface area contributed by atoms with E-state index in [1.165, 1.54) is 36.4 Å². The molecule has 1 heterocycles. The van der Waals surface area contributed by atoms with E-state index in [0.29, 0.717) is 5.56 Å². The molecule has 1 aliphatic rings. The largest absolute Gasteiger partial charge is 0.490 e. The highest BCUT2D eigenvalue weighted by atomic mass is 16.6. The van der Waals surface area contributed by atoms with E-state index in [4.69, 9.17) is 14.2 Å². The highest BCUT2D eigenvalue weighted by Gasteiger charge is 2.40. The molecule has 2 aromatic carbocycles. The lowest BCUT2D eigenvalue weighted by Gasteiger charge is -2.14. The number of rotatable bonds is 10. The SMILES string of the molecule is CCOC(=O)/C(C#N)=C/c1ccc(OC(=O)CCN2C(=O)c3cccc([N+](=O)[O-])c3C2=O)c(OCC)c1. The standard InChI is InChI=1S/C25H21N3O9/c1-3-35-20-13-15(12-16(14-26)25(32)36-4-2)8-9-19(20)37-21(29)10-11-27-23(30)17-6-5-7-18(28(33)34)22(17)24(27)31/h5-9,12-13H,3-4,10-11H2,1-2H3/b16-12+. The van der Waals surface area contributed by atoms with Crippen LogP contribution in [0.25, 0.3) is 6.08 Å². The van der Waals surface area contributed by atoms with Gasteiger partial charge in [-0.1, -0.05) is 12.1 Å². The van der Waals surface area contributed by atoms with E-state index in [2.05, 4.69) is 0 Å². The van der Waals surface area contributed by atoms with Gasteiger partial charge in [-0.25, -0.2) is 4.79 Å². The van der Waals surface area contributed by atoms with E-state index in [-0.39, 0.29) is 54.4 Å². The van der Waals surface area contributed by atoms with Crippen LogP contribution in [-0.4, -0.2) is 53.3 Å². The zero-order chi connectivity index (χ0) is 27.1. The van der Waals surface area contributed by atoms with Gasteiger partial charge in [-0.15, -0.1) is 0 Å². The first-order valence-electron chi connectivity index (χ1n) is 11.1. The van der Waals surface area contributed by atoms with Crippen LogP contribution < -0.4 is 9.47 Å². The highest BCUT2D eigenvalue weighted by molar-refractivity contribution is 6.23. The second kappa shape index (κ2) is 11.6. The Morgan fingerprint density at radius 3 is 2.51 bits per heavy atom. The van der Waals surface area contributed by atoms with Crippen LogP contribution in [0.5, 0.6) is 11.5 Å². The maximum absolute atomic E-state index is 12.6. The second-order valence-corrected chi connectivity index (χ2v) is 7.47. The molecule has 1 aliphatic heterocycles. The van der Waals surface area contributed by atoms with E-state index >= 15 is 0 Å². The van der Waals surface area contributed by atoms with Gasteiger partial charge in [0.2, 0.25) is 0 Å². The molecule has 0 fully saturated rings. The van der Waals surface area contributed by atoms with Crippen molar-refractivity contribution in [3.63, 3.8) is 0 Å². The van der Waals surface area contributed by atoms with Crippen molar-refractivity contribution in [2.75, 3.05) is 19.8 Å². The van der Waals surface area contributed by atoms with Crippen molar-refractivity contribution in [2.45, 2.75) is 20.3 Å². The number of hydrogen-bond donors (Lipinski definition) is 0. The molecule has 0 bridgehead atoms. The highest BCUT2D eigenvalue weighted by Crippen LogP contribution is 2.32. The molecule has 12 nitrogen and oxygen atoms in total. The summed E-state index contributed by atoms with van der Waals surface area (Å²) >= 11 is 0. The first-order chi connectivity index (χ1) is 17.7. The number of ether oxygens (including phenoxy) is 3. The van der Waals surface area contributed by atoms with Crippen LogP contribution in [0.15, 0.2) is 42.0 Å². The predicted molar refractivity (Wildman–Crippen MR) is 127 cm³/mol. The van der Waals surface area contributed by atoms with E-state index in [9.17, 15) is 34.6 Å². The van der Waals surface area contributed by atoms with Crippen LogP contribution >= 0.6 is 0 Å². The van der Waals surface area contributed by atoms with Crippen molar-refractivity contribution < 1.29 is 38.3 Å². The molecule has 0 saturated heterocycles. The summed E-state index contributed by atoms with van der Waals surface area (Å²) < 4.78 is 15.7. The van der Waals surface area contributed by atoms with E-state index in [1.54, 1.807) is 19.9 Å². The normalized spacial score (nSPS) is 12.6. The monoisotopic (exact) mass is 507 g/mol. The van der Waals surface area contributed by atoms with Crippen molar-refractivity contribution in [2.24, 2.45) is 0 Å². The number of nitrogens with zero attached hydrogens (tertiary/aromatic N) is 3. The number of nitro benzene ring substituents is 1. The van der Waals surface area contributed by atoms with Crippen LogP contribution in [-0.2, 0) is 14.3 Å². The van der Waals surface area contributed by atoms with Gasteiger partial charge in [0.1, 0.15) is 17.2 Å². The van der Waals surface area contributed by atoms with E-state index in [1.807, 2.05) is 0 Å². The topological polar surface area (TPSA) is 166 Å². The Balaban J connectivity index is 1.73. The van der Waals surface area contributed by atoms with E-state index in [0.717, 1.165) is 11.0 Å². The summed E-state index contributed by atoms with van der Waals surface area (Å²) in [6, 6.07) is 9.87. The van der Waals surface area contributed by atoms with E-state index < -0.39 is 34.4 Å². The van der Waals surface area contributed by atoms with Gasteiger partial charge in [0.15, 0.2) is 11.5 Å². The number of carbonyl (C=O) groups excluding carboxylic acids is 4. The Morgan fingerprint density at radius 2 is 1.86 bits per heavy atom. The Hall–Kier alpha value is -5.05. The van der Waals surface area contributed by atoms with Gasteiger partial charge in [0, 0.05) is 12.6 Å². The molecule has 2 aromatic rings. The lowest BCUT2D eigenvalue weighted by atomic mass is 10.1. The summed E-state index contributed by atoms with van der Waals surface area (Å²) in [4.78, 5) is 60.8. The predicted octanol–water partition coefficient (Wildman–Crippen LogP) is 3.06. The van der Waals surface area contributed by atoms with Crippen molar-refractivity contribution in [1.82, 2.24) is 4.90 Å². The molecule has 0 saturated carbocycles. The van der Waals surface area contributed by atoms with Crippen molar-refractivity contribution in [1.29, 1.82) is 5.26 Å². The second-order valence-electron chi connectivity index (χ2n) is 7.47. The zero-order valence-electron chi connectivity index (χ0n) is 19.9. The Morgan fingerprint density at radius 1 is 1.11 bits per heavy atom. The number of esters is 2. The van der Waals surface area contributed by atoms with Crippen LogP contribution in [0.1, 0.15) is 46.5 Å². The third-order valence-corrected chi connectivity index (χ3v) is 5.13. The van der Waals surface area contributed by atoms with Gasteiger partial charge in [-0.05, 0) is 43.7 Å². The zero-order valence-corrected chi connectivity index (χ0v) is 19.9. The van der Waals surface area contributed by atoms with Gasteiger partial charge >= 0.3 is 11.9 Å². The fourth-order valence-electron chi connectivity index (χ4n) is 3.53. The first-order valence-corrected chi connectivity index (χ1v) is 11.1. The van der Waals surface area contributed by atoms with Crippen LogP contribution in [0, 0.1) is 21.4 Å². The molecular formula is C25H21N3O9. The summed E-state index contributed by atoms with van der Waals surface area (Å²) in [6.07, 6.45) is 0.918. The molecule has 0 atom stereocenters. The molecule has 3 rings (SSSR count). The Kier molecular flexibility index (Phi) is 8.31. The molecule has 0 N–H and O–H groups in total. The molecule has 2 amide bonds. The fraction of sp³-hybridized carbons (Fsp3) is 0.240. The Labute approximate surface area is 210 Å². The summed E-state index contributed by atoms with van der Waals surface area (Å²) in [5.74, 6) is -2.98. The Bertz CT molecular complexity index is 1360. The summed E-state index contributed by atoms with van der Waals surface area (Å²) in [5, 5.41) is 20.4.